The lowest BCUT2D eigenvalue weighted by Gasteiger charge is -2.10. The molecule has 0 spiro atoms. The number of hydrogen-bond acceptors (Lipinski definition) is 4. The Labute approximate surface area is 127 Å². The Morgan fingerprint density at radius 2 is 2.11 bits per heavy atom. The van der Waals surface area contributed by atoms with Crippen LogP contribution in [0.25, 0.3) is 5.69 Å². The molecule has 0 amide bonds. The van der Waals surface area contributed by atoms with Crippen LogP contribution in [0.4, 0.5) is 5.82 Å². The molecule has 1 aromatic heterocycles. The van der Waals surface area contributed by atoms with Gasteiger partial charge in [-0.15, -0.1) is 0 Å². The summed E-state index contributed by atoms with van der Waals surface area (Å²) >= 11 is 6.86. The molecular weight excluding hydrogens is 378 g/mol. The third-order valence-corrected chi connectivity index (χ3v) is 3.77. The molecule has 2 rings (SSSR count). The number of benzene rings is 1. The monoisotopic (exact) mass is 387 g/mol. The lowest BCUT2D eigenvalue weighted by Crippen LogP contribution is -2.08. The molecule has 0 aliphatic heterocycles. The molecular formula is C12H11Br2N3O2. The summed E-state index contributed by atoms with van der Waals surface area (Å²) in [6.07, 6.45) is 0. The summed E-state index contributed by atoms with van der Waals surface area (Å²) in [7, 11) is 1.30. The number of carbonyl (C=O) groups excluding carboxylic acids is 1. The van der Waals surface area contributed by atoms with Gasteiger partial charge in [-0.3, -0.25) is 4.57 Å². The number of carbonyl (C=O) groups is 1. The number of esters is 1. The first kappa shape index (κ1) is 14.1. The van der Waals surface area contributed by atoms with Crippen LogP contribution in [-0.2, 0) is 4.74 Å². The van der Waals surface area contributed by atoms with Gasteiger partial charge in [0, 0.05) is 8.95 Å². The predicted molar refractivity (Wildman–Crippen MR) is 79.5 cm³/mol. The van der Waals surface area contributed by atoms with E-state index in [9.17, 15) is 4.79 Å². The van der Waals surface area contributed by atoms with E-state index in [1.807, 2.05) is 18.2 Å². The van der Waals surface area contributed by atoms with Crippen molar-refractivity contribution in [2.24, 2.45) is 0 Å². The fraction of sp³-hybridized carbons (Fsp3) is 0.167. The molecule has 0 fully saturated rings. The molecule has 0 saturated carbocycles. The molecule has 0 radical (unpaired) electrons. The van der Waals surface area contributed by atoms with E-state index >= 15 is 0 Å². The largest absolute Gasteiger partial charge is 0.464 e. The van der Waals surface area contributed by atoms with Crippen LogP contribution in [0.5, 0.6) is 0 Å². The minimum Gasteiger partial charge on any atom is -0.464 e. The minimum absolute atomic E-state index is 0.117. The average molecular weight is 389 g/mol. The number of halogens is 2. The Morgan fingerprint density at radius 1 is 1.42 bits per heavy atom. The molecule has 7 heteroatoms. The Balaban J connectivity index is 2.66. The van der Waals surface area contributed by atoms with Gasteiger partial charge in [-0.25, -0.2) is 9.78 Å². The van der Waals surface area contributed by atoms with Crippen LogP contribution in [-0.4, -0.2) is 22.6 Å². The number of hydrogen-bond donors (Lipinski definition) is 1. The van der Waals surface area contributed by atoms with E-state index in [1.165, 1.54) is 7.11 Å². The zero-order chi connectivity index (χ0) is 14.2. The van der Waals surface area contributed by atoms with Crippen LogP contribution < -0.4 is 5.73 Å². The summed E-state index contributed by atoms with van der Waals surface area (Å²) in [5.41, 5.74) is 6.91. The van der Waals surface area contributed by atoms with Gasteiger partial charge in [-0.2, -0.15) is 0 Å². The molecule has 100 valence electrons. The Morgan fingerprint density at radius 3 is 2.74 bits per heavy atom. The molecule has 5 nitrogen and oxygen atoms in total. The highest BCUT2D eigenvalue weighted by Gasteiger charge is 2.21. The number of nitrogens with two attached hydrogens (primary N) is 1. The van der Waals surface area contributed by atoms with Crippen LogP contribution >= 0.6 is 31.9 Å². The van der Waals surface area contributed by atoms with Crippen LogP contribution in [0.1, 0.15) is 16.3 Å². The normalized spacial score (nSPS) is 10.5. The predicted octanol–water partition coefficient (Wildman–Crippen LogP) is 3.07. The van der Waals surface area contributed by atoms with Crippen LogP contribution in [0.2, 0.25) is 0 Å². The second-order valence-electron chi connectivity index (χ2n) is 3.82. The van der Waals surface area contributed by atoms with Gasteiger partial charge in [0.25, 0.3) is 0 Å². The number of aromatic nitrogens is 2. The maximum Gasteiger partial charge on any atom is 0.360 e. The summed E-state index contributed by atoms with van der Waals surface area (Å²) in [5.74, 6) is 0.310. The number of imidazole rings is 1. The highest BCUT2D eigenvalue weighted by Crippen LogP contribution is 2.29. The molecule has 1 heterocycles. The standard InChI is InChI=1S/C12H11Br2N3O2/c1-6-16-10(12(18)19-2)11(15)17(6)9-5-7(13)3-4-8(9)14/h3-5H,15H2,1-2H3. The summed E-state index contributed by atoms with van der Waals surface area (Å²) in [5, 5.41) is 0. The van der Waals surface area contributed by atoms with Crippen molar-refractivity contribution in [2.75, 3.05) is 12.8 Å². The Bertz CT molecular complexity index is 653. The number of nitrogens with zero attached hydrogens (tertiary/aromatic N) is 2. The smallest absolute Gasteiger partial charge is 0.360 e. The van der Waals surface area contributed by atoms with Crippen LogP contribution in [0.15, 0.2) is 27.1 Å². The fourth-order valence-electron chi connectivity index (χ4n) is 1.76. The topological polar surface area (TPSA) is 70.1 Å². The highest BCUT2D eigenvalue weighted by atomic mass is 79.9. The van der Waals surface area contributed by atoms with Gasteiger partial charge in [0.1, 0.15) is 11.6 Å². The van der Waals surface area contributed by atoms with E-state index in [1.54, 1.807) is 11.5 Å². The summed E-state index contributed by atoms with van der Waals surface area (Å²) in [4.78, 5) is 15.7. The molecule has 0 aliphatic rings. The number of methoxy groups -OCH3 is 1. The van der Waals surface area contributed by atoms with Crippen LogP contribution in [0.3, 0.4) is 0 Å². The molecule has 0 atom stereocenters. The van der Waals surface area contributed by atoms with Gasteiger partial charge in [-0.1, -0.05) is 15.9 Å². The number of ether oxygens (including phenoxy) is 1. The van der Waals surface area contributed by atoms with Gasteiger partial charge in [0.2, 0.25) is 0 Å². The summed E-state index contributed by atoms with van der Waals surface area (Å²) in [6.45, 7) is 1.77. The van der Waals surface area contributed by atoms with Gasteiger partial charge in [0.05, 0.1) is 12.8 Å². The first-order valence-corrected chi connectivity index (χ1v) is 6.93. The Hall–Kier alpha value is -1.34. The van der Waals surface area contributed by atoms with Crippen molar-refractivity contribution in [3.05, 3.63) is 38.7 Å². The summed E-state index contributed by atoms with van der Waals surface area (Å²) < 4.78 is 8.10. The van der Waals surface area contributed by atoms with E-state index in [0.717, 1.165) is 14.6 Å². The molecule has 19 heavy (non-hydrogen) atoms. The van der Waals surface area contributed by atoms with E-state index in [0.29, 0.717) is 5.82 Å². The van der Waals surface area contributed by atoms with E-state index in [2.05, 4.69) is 41.6 Å². The van der Waals surface area contributed by atoms with Crippen LogP contribution in [0, 0.1) is 6.92 Å². The number of anilines is 1. The van der Waals surface area contributed by atoms with E-state index in [-0.39, 0.29) is 11.5 Å². The van der Waals surface area contributed by atoms with Crippen molar-refractivity contribution in [2.45, 2.75) is 6.92 Å². The second-order valence-corrected chi connectivity index (χ2v) is 5.59. The van der Waals surface area contributed by atoms with Crippen molar-refractivity contribution in [3.63, 3.8) is 0 Å². The molecule has 2 N–H and O–H groups in total. The van der Waals surface area contributed by atoms with Gasteiger partial charge >= 0.3 is 5.97 Å². The van der Waals surface area contributed by atoms with Crippen molar-refractivity contribution in [1.82, 2.24) is 9.55 Å². The molecule has 0 aliphatic carbocycles. The average Bonchev–Trinajstić information content (AvgIpc) is 2.67. The molecule has 2 aromatic rings. The van der Waals surface area contributed by atoms with E-state index < -0.39 is 5.97 Å². The third-order valence-electron chi connectivity index (χ3n) is 2.61. The zero-order valence-corrected chi connectivity index (χ0v) is 13.4. The lowest BCUT2D eigenvalue weighted by molar-refractivity contribution is 0.0596. The van der Waals surface area contributed by atoms with E-state index in [4.69, 9.17) is 5.73 Å². The van der Waals surface area contributed by atoms with Crippen molar-refractivity contribution in [3.8, 4) is 5.69 Å². The number of rotatable bonds is 2. The third kappa shape index (κ3) is 2.52. The van der Waals surface area contributed by atoms with Crippen molar-refractivity contribution >= 4 is 43.6 Å². The summed E-state index contributed by atoms with van der Waals surface area (Å²) in [6, 6.07) is 5.67. The minimum atomic E-state index is -0.550. The van der Waals surface area contributed by atoms with Crippen molar-refractivity contribution < 1.29 is 9.53 Å². The fourth-order valence-corrected chi connectivity index (χ4v) is 2.53. The van der Waals surface area contributed by atoms with Gasteiger partial charge < -0.3 is 10.5 Å². The molecule has 0 saturated heterocycles. The maximum absolute atomic E-state index is 11.6. The SMILES string of the molecule is COC(=O)c1nc(C)n(-c2cc(Br)ccc2Br)c1N. The van der Waals surface area contributed by atoms with Gasteiger partial charge in [0.15, 0.2) is 5.69 Å². The second kappa shape index (κ2) is 5.34. The zero-order valence-electron chi connectivity index (χ0n) is 10.3. The molecule has 1 aromatic carbocycles. The molecule has 0 bridgehead atoms. The van der Waals surface area contributed by atoms with Crippen molar-refractivity contribution in [1.29, 1.82) is 0 Å². The Kier molecular flexibility index (Phi) is 3.96. The quantitative estimate of drug-likeness (QED) is 0.802. The highest BCUT2D eigenvalue weighted by molar-refractivity contribution is 9.11. The lowest BCUT2D eigenvalue weighted by atomic mass is 10.3. The first-order chi connectivity index (χ1) is 8.95. The molecule has 0 unspecified atom stereocenters. The number of aryl methyl sites for hydroxylation is 1. The first-order valence-electron chi connectivity index (χ1n) is 5.34. The number of nitrogen functional groups attached to an aromatic ring is 1. The maximum atomic E-state index is 11.6. The van der Waals surface area contributed by atoms with Gasteiger partial charge in [-0.05, 0) is 41.1 Å².